The molecular weight excluding hydrogens is 182 g/mol. The Labute approximate surface area is 84.2 Å². The molecule has 1 N–H and O–H groups in total. The maximum Gasteiger partial charge on any atom is 0.323 e. The molecule has 0 radical (unpaired) electrons. The third-order valence-corrected chi connectivity index (χ3v) is 1.72. The number of amides is 1. The molecule has 0 fully saturated rings. The average Bonchev–Trinajstić information content (AvgIpc) is 1.98. The van der Waals surface area contributed by atoms with Crippen LogP contribution in [-0.4, -0.2) is 34.0 Å². The zero-order valence-electron chi connectivity index (χ0n) is 8.91. The molecule has 14 heavy (non-hydrogen) atoms. The van der Waals surface area contributed by atoms with Gasteiger partial charge in [-0.1, -0.05) is 6.08 Å². The average molecular weight is 199 g/mol. The van der Waals surface area contributed by atoms with E-state index in [4.69, 9.17) is 5.11 Å². The van der Waals surface area contributed by atoms with Crippen LogP contribution in [0.1, 0.15) is 27.2 Å². The van der Waals surface area contributed by atoms with Crippen molar-refractivity contribution in [2.45, 2.75) is 32.7 Å². The van der Waals surface area contributed by atoms with Crippen LogP contribution in [0.5, 0.6) is 0 Å². The van der Waals surface area contributed by atoms with E-state index in [1.165, 1.54) is 11.0 Å². The largest absolute Gasteiger partial charge is 0.480 e. The van der Waals surface area contributed by atoms with Crippen molar-refractivity contribution in [3.63, 3.8) is 0 Å². The lowest BCUT2D eigenvalue weighted by molar-refractivity contribution is -0.147. The minimum Gasteiger partial charge on any atom is -0.480 e. The number of carbonyl (C=O) groups excluding carboxylic acids is 1. The van der Waals surface area contributed by atoms with E-state index in [0.717, 1.165) is 0 Å². The highest BCUT2D eigenvalue weighted by Crippen LogP contribution is 2.14. The molecule has 0 atom stereocenters. The molecule has 0 aliphatic rings. The van der Waals surface area contributed by atoms with Gasteiger partial charge in [0.1, 0.15) is 6.54 Å². The van der Waals surface area contributed by atoms with Gasteiger partial charge in [-0.25, -0.2) is 0 Å². The Balaban J connectivity index is 4.63. The molecule has 0 heterocycles. The standard InChI is InChI=1S/C10H17NO3/c1-5-6-8(12)11(7-9(13)14)10(2,3)4/h5H,1,6-7H2,2-4H3,(H,13,14). The maximum absolute atomic E-state index is 11.5. The third-order valence-electron chi connectivity index (χ3n) is 1.72. The van der Waals surface area contributed by atoms with Crippen LogP contribution in [0.4, 0.5) is 0 Å². The quantitative estimate of drug-likeness (QED) is 0.694. The van der Waals surface area contributed by atoms with Gasteiger partial charge in [0.2, 0.25) is 5.91 Å². The molecule has 80 valence electrons. The number of rotatable bonds is 4. The number of carboxylic acids is 1. The van der Waals surface area contributed by atoms with Crippen LogP contribution in [0.2, 0.25) is 0 Å². The second-order valence-corrected chi connectivity index (χ2v) is 4.04. The second kappa shape index (κ2) is 4.79. The van der Waals surface area contributed by atoms with E-state index < -0.39 is 11.5 Å². The van der Waals surface area contributed by atoms with Crippen LogP contribution >= 0.6 is 0 Å². The summed E-state index contributed by atoms with van der Waals surface area (Å²) in [5, 5.41) is 8.64. The van der Waals surface area contributed by atoms with Crippen molar-refractivity contribution in [1.29, 1.82) is 0 Å². The molecular formula is C10H17NO3. The monoisotopic (exact) mass is 199 g/mol. The van der Waals surface area contributed by atoms with Crippen molar-refractivity contribution in [3.8, 4) is 0 Å². The van der Waals surface area contributed by atoms with E-state index in [1.54, 1.807) is 20.8 Å². The molecule has 0 rings (SSSR count). The lowest BCUT2D eigenvalue weighted by Crippen LogP contribution is -2.48. The van der Waals surface area contributed by atoms with E-state index in [9.17, 15) is 9.59 Å². The van der Waals surface area contributed by atoms with Gasteiger partial charge in [0.15, 0.2) is 0 Å². The van der Waals surface area contributed by atoms with Gasteiger partial charge in [-0.2, -0.15) is 0 Å². The second-order valence-electron chi connectivity index (χ2n) is 4.04. The van der Waals surface area contributed by atoms with E-state index in [0.29, 0.717) is 0 Å². The molecule has 0 aromatic heterocycles. The van der Waals surface area contributed by atoms with Crippen molar-refractivity contribution in [3.05, 3.63) is 12.7 Å². The Bertz CT molecular complexity index is 240. The van der Waals surface area contributed by atoms with Gasteiger partial charge in [0.25, 0.3) is 0 Å². The van der Waals surface area contributed by atoms with Gasteiger partial charge in [0.05, 0.1) is 0 Å². The number of carbonyl (C=O) groups is 2. The predicted molar refractivity (Wildman–Crippen MR) is 53.9 cm³/mol. The van der Waals surface area contributed by atoms with Crippen molar-refractivity contribution in [2.24, 2.45) is 0 Å². The fraction of sp³-hybridized carbons (Fsp3) is 0.600. The molecule has 4 nitrogen and oxygen atoms in total. The fourth-order valence-electron chi connectivity index (χ4n) is 1.07. The van der Waals surface area contributed by atoms with Crippen LogP contribution in [0.25, 0.3) is 0 Å². The number of aliphatic carboxylic acids is 1. The molecule has 0 saturated carbocycles. The Morgan fingerprint density at radius 2 is 1.93 bits per heavy atom. The summed E-state index contributed by atoms with van der Waals surface area (Å²) in [5.41, 5.74) is -0.474. The predicted octanol–water partition coefficient (Wildman–Crippen LogP) is 1.27. The molecule has 0 aromatic rings. The highest BCUT2D eigenvalue weighted by Gasteiger charge is 2.27. The van der Waals surface area contributed by atoms with Gasteiger partial charge in [-0.15, -0.1) is 6.58 Å². The maximum atomic E-state index is 11.5. The summed E-state index contributed by atoms with van der Waals surface area (Å²) >= 11 is 0. The van der Waals surface area contributed by atoms with Gasteiger partial charge in [-0.05, 0) is 20.8 Å². The van der Waals surface area contributed by atoms with Crippen LogP contribution in [-0.2, 0) is 9.59 Å². The smallest absolute Gasteiger partial charge is 0.323 e. The molecule has 0 aliphatic heterocycles. The fourth-order valence-corrected chi connectivity index (χ4v) is 1.07. The molecule has 0 bridgehead atoms. The van der Waals surface area contributed by atoms with Crippen molar-refractivity contribution in [2.75, 3.05) is 6.54 Å². The first-order chi connectivity index (χ1) is 6.29. The number of nitrogens with zero attached hydrogens (tertiary/aromatic N) is 1. The Morgan fingerprint density at radius 3 is 2.21 bits per heavy atom. The van der Waals surface area contributed by atoms with E-state index in [1.807, 2.05) is 0 Å². The summed E-state index contributed by atoms with van der Waals surface area (Å²) in [5.74, 6) is -1.22. The minimum atomic E-state index is -1.00. The van der Waals surface area contributed by atoms with Gasteiger partial charge in [0, 0.05) is 12.0 Å². The molecule has 4 heteroatoms. The number of carboxylic acid groups (broad SMARTS) is 1. The van der Waals surface area contributed by atoms with Crippen LogP contribution < -0.4 is 0 Å². The minimum absolute atomic E-state index is 0.171. The van der Waals surface area contributed by atoms with Crippen LogP contribution in [0.15, 0.2) is 12.7 Å². The van der Waals surface area contributed by atoms with Gasteiger partial charge < -0.3 is 10.0 Å². The first-order valence-corrected chi connectivity index (χ1v) is 4.42. The summed E-state index contributed by atoms with van der Waals surface area (Å²) in [6.45, 7) is 8.59. The van der Waals surface area contributed by atoms with Crippen molar-refractivity contribution < 1.29 is 14.7 Å². The lowest BCUT2D eigenvalue weighted by Gasteiger charge is -2.34. The summed E-state index contributed by atoms with van der Waals surface area (Å²) in [7, 11) is 0. The lowest BCUT2D eigenvalue weighted by atomic mass is 10.1. The zero-order chi connectivity index (χ0) is 11.4. The highest BCUT2D eigenvalue weighted by atomic mass is 16.4. The molecule has 0 saturated heterocycles. The number of hydrogen-bond donors (Lipinski definition) is 1. The molecule has 0 unspecified atom stereocenters. The van der Waals surface area contributed by atoms with E-state index >= 15 is 0 Å². The third kappa shape index (κ3) is 4.07. The normalized spacial score (nSPS) is 10.8. The summed E-state index contributed by atoms with van der Waals surface area (Å²) in [6, 6.07) is 0. The van der Waals surface area contributed by atoms with E-state index in [2.05, 4.69) is 6.58 Å². The van der Waals surface area contributed by atoms with Crippen molar-refractivity contribution >= 4 is 11.9 Å². The summed E-state index contributed by atoms with van der Waals surface area (Å²) in [6.07, 6.45) is 1.65. The summed E-state index contributed by atoms with van der Waals surface area (Å²) in [4.78, 5) is 23.4. The number of hydrogen-bond acceptors (Lipinski definition) is 2. The molecule has 0 aliphatic carbocycles. The Hall–Kier alpha value is -1.32. The Kier molecular flexibility index (Phi) is 4.34. The zero-order valence-corrected chi connectivity index (χ0v) is 8.91. The molecule has 0 aromatic carbocycles. The Morgan fingerprint density at radius 1 is 1.43 bits per heavy atom. The van der Waals surface area contributed by atoms with Crippen LogP contribution in [0, 0.1) is 0 Å². The molecule has 0 spiro atoms. The van der Waals surface area contributed by atoms with E-state index in [-0.39, 0.29) is 18.9 Å². The van der Waals surface area contributed by atoms with Gasteiger partial charge in [-0.3, -0.25) is 9.59 Å². The highest BCUT2D eigenvalue weighted by molar-refractivity contribution is 5.82. The topological polar surface area (TPSA) is 57.6 Å². The summed E-state index contributed by atoms with van der Waals surface area (Å²) < 4.78 is 0. The van der Waals surface area contributed by atoms with Gasteiger partial charge >= 0.3 is 5.97 Å². The molecule has 1 amide bonds. The van der Waals surface area contributed by atoms with Crippen LogP contribution in [0.3, 0.4) is 0 Å². The van der Waals surface area contributed by atoms with Crippen molar-refractivity contribution in [1.82, 2.24) is 4.90 Å². The first-order valence-electron chi connectivity index (χ1n) is 4.42. The first kappa shape index (κ1) is 12.7. The SMILES string of the molecule is C=CCC(=O)N(CC(=O)O)C(C)(C)C.